The van der Waals surface area contributed by atoms with Crippen LogP contribution in [-0.4, -0.2) is 29.6 Å². The molecule has 0 atom stereocenters. The molecule has 0 aliphatic heterocycles. The third-order valence-electron chi connectivity index (χ3n) is 2.65. The van der Waals surface area contributed by atoms with Crippen LogP contribution in [0.1, 0.15) is 17.4 Å². The summed E-state index contributed by atoms with van der Waals surface area (Å²) in [6.07, 6.45) is 3.43. The molecule has 0 aromatic carbocycles. The van der Waals surface area contributed by atoms with Crippen LogP contribution in [0.4, 0.5) is 0 Å². The summed E-state index contributed by atoms with van der Waals surface area (Å²) >= 11 is 0. The first-order chi connectivity index (χ1) is 9.31. The monoisotopic (exact) mass is 257 g/mol. The first kappa shape index (κ1) is 13.2. The van der Waals surface area contributed by atoms with Crippen LogP contribution < -0.4 is 5.32 Å². The molecule has 2 heterocycles. The molecular formula is C14H15N3O2. The lowest BCUT2D eigenvalue weighted by molar-refractivity contribution is -0.139. The molecule has 1 N–H and O–H groups in total. The quantitative estimate of drug-likeness (QED) is 0.819. The summed E-state index contributed by atoms with van der Waals surface area (Å²) in [6, 6.07) is 11.0. The van der Waals surface area contributed by atoms with Crippen LogP contribution in [0.2, 0.25) is 0 Å². The molecule has 2 rings (SSSR count). The minimum absolute atomic E-state index is 0.105. The van der Waals surface area contributed by atoms with Gasteiger partial charge in [-0.3, -0.25) is 20.1 Å². The zero-order chi connectivity index (χ0) is 13.5. The second-order valence-corrected chi connectivity index (χ2v) is 3.90. The van der Waals surface area contributed by atoms with Gasteiger partial charge in [-0.1, -0.05) is 12.1 Å². The fourth-order valence-electron chi connectivity index (χ4n) is 1.71. The van der Waals surface area contributed by atoms with E-state index in [1.54, 1.807) is 12.4 Å². The summed E-state index contributed by atoms with van der Waals surface area (Å²) in [5.74, 6) is -0.322. The van der Waals surface area contributed by atoms with Crippen molar-refractivity contribution in [3.8, 4) is 0 Å². The highest BCUT2D eigenvalue weighted by Crippen LogP contribution is 2.17. The molecule has 0 fully saturated rings. The first-order valence-corrected chi connectivity index (χ1v) is 5.93. The van der Waals surface area contributed by atoms with Gasteiger partial charge >= 0.3 is 5.97 Å². The fraction of sp³-hybridized carbons (Fsp3) is 0.214. The average Bonchev–Trinajstić information content (AvgIpc) is 2.49. The lowest BCUT2D eigenvalue weighted by Gasteiger charge is -2.16. The maximum absolute atomic E-state index is 11.3. The molecule has 0 saturated carbocycles. The molecule has 0 radical (unpaired) electrons. The van der Waals surface area contributed by atoms with E-state index in [0.717, 1.165) is 11.4 Å². The predicted octanol–water partition coefficient (Wildman–Crippen LogP) is 1.33. The summed E-state index contributed by atoms with van der Waals surface area (Å²) in [6.45, 7) is 0.105. The molecule has 0 bridgehead atoms. The summed E-state index contributed by atoms with van der Waals surface area (Å²) in [7, 11) is 1.36. The number of ether oxygens (including phenoxy) is 1. The number of carbonyl (C=O) groups is 1. The molecule has 5 nitrogen and oxygen atoms in total. The number of carbonyl (C=O) groups excluding carboxylic acids is 1. The number of hydrogen-bond donors (Lipinski definition) is 1. The van der Waals surface area contributed by atoms with E-state index >= 15 is 0 Å². The molecule has 0 amide bonds. The van der Waals surface area contributed by atoms with Crippen LogP contribution in [0.5, 0.6) is 0 Å². The van der Waals surface area contributed by atoms with Gasteiger partial charge in [-0.15, -0.1) is 0 Å². The van der Waals surface area contributed by atoms with Crippen molar-refractivity contribution in [3.63, 3.8) is 0 Å². The van der Waals surface area contributed by atoms with E-state index in [-0.39, 0.29) is 18.6 Å². The zero-order valence-electron chi connectivity index (χ0n) is 10.6. The number of aromatic nitrogens is 2. The van der Waals surface area contributed by atoms with Crippen LogP contribution >= 0.6 is 0 Å². The van der Waals surface area contributed by atoms with Crippen molar-refractivity contribution in [1.82, 2.24) is 15.3 Å². The van der Waals surface area contributed by atoms with Gasteiger partial charge in [0.05, 0.1) is 31.1 Å². The van der Waals surface area contributed by atoms with Gasteiger partial charge in [0, 0.05) is 12.4 Å². The Hall–Kier alpha value is -2.27. The van der Waals surface area contributed by atoms with E-state index in [4.69, 9.17) is 0 Å². The summed E-state index contributed by atoms with van der Waals surface area (Å²) in [5.41, 5.74) is 1.62. The highest BCUT2D eigenvalue weighted by molar-refractivity contribution is 5.71. The van der Waals surface area contributed by atoms with Crippen molar-refractivity contribution in [2.75, 3.05) is 13.7 Å². The molecule has 19 heavy (non-hydrogen) atoms. The minimum Gasteiger partial charge on any atom is -0.468 e. The third-order valence-corrected chi connectivity index (χ3v) is 2.65. The Balaban J connectivity index is 2.21. The van der Waals surface area contributed by atoms with Gasteiger partial charge in [-0.2, -0.15) is 0 Å². The van der Waals surface area contributed by atoms with Crippen molar-refractivity contribution >= 4 is 5.97 Å². The molecule has 0 spiro atoms. The largest absolute Gasteiger partial charge is 0.468 e. The summed E-state index contributed by atoms with van der Waals surface area (Å²) in [4.78, 5) is 19.9. The lowest BCUT2D eigenvalue weighted by atomic mass is 10.1. The molecule has 0 aliphatic carbocycles. The van der Waals surface area contributed by atoms with Gasteiger partial charge < -0.3 is 4.74 Å². The normalized spacial score (nSPS) is 10.4. The minimum atomic E-state index is -0.322. The first-order valence-electron chi connectivity index (χ1n) is 5.93. The van der Waals surface area contributed by atoms with Crippen LogP contribution in [0, 0.1) is 0 Å². The van der Waals surface area contributed by atoms with Crippen molar-refractivity contribution < 1.29 is 9.53 Å². The van der Waals surface area contributed by atoms with E-state index in [1.807, 2.05) is 36.4 Å². The number of nitrogens with zero attached hydrogens (tertiary/aromatic N) is 2. The van der Waals surface area contributed by atoms with Gasteiger partial charge in [0.15, 0.2) is 0 Å². The van der Waals surface area contributed by atoms with Crippen molar-refractivity contribution in [2.24, 2.45) is 0 Å². The average molecular weight is 257 g/mol. The van der Waals surface area contributed by atoms with Crippen molar-refractivity contribution in [2.45, 2.75) is 6.04 Å². The standard InChI is InChI=1S/C14H15N3O2/c1-19-13(18)10-17-14(11-6-2-4-8-15-11)12-7-3-5-9-16-12/h2-9,14,17H,10H2,1H3. The van der Waals surface area contributed by atoms with E-state index in [9.17, 15) is 4.79 Å². The van der Waals surface area contributed by atoms with Gasteiger partial charge in [-0.05, 0) is 24.3 Å². The van der Waals surface area contributed by atoms with Gasteiger partial charge in [0.1, 0.15) is 0 Å². The van der Waals surface area contributed by atoms with Crippen molar-refractivity contribution in [3.05, 3.63) is 60.2 Å². The SMILES string of the molecule is COC(=O)CNC(c1ccccn1)c1ccccn1. The number of nitrogens with one attached hydrogen (secondary N) is 1. The van der Waals surface area contributed by atoms with E-state index in [2.05, 4.69) is 20.0 Å². The Labute approximate surface area is 111 Å². The van der Waals surface area contributed by atoms with E-state index in [0.29, 0.717) is 0 Å². The maximum Gasteiger partial charge on any atom is 0.319 e. The topological polar surface area (TPSA) is 64.1 Å². The molecule has 0 saturated heterocycles. The van der Waals surface area contributed by atoms with E-state index in [1.165, 1.54) is 7.11 Å². The molecule has 2 aromatic rings. The number of methoxy groups -OCH3 is 1. The molecule has 0 aliphatic rings. The molecule has 98 valence electrons. The van der Waals surface area contributed by atoms with Gasteiger partial charge in [0.25, 0.3) is 0 Å². The zero-order valence-corrected chi connectivity index (χ0v) is 10.6. The molecule has 2 aromatic heterocycles. The number of hydrogen-bond acceptors (Lipinski definition) is 5. The second kappa shape index (κ2) is 6.61. The van der Waals surface area contributed by atoms with Crippen LogP contribution in [-0.2, 0) is 9.53 Å². The Morgan fingerprint density at radius 1 is 1.16 bits per heavy atom. The number of rotatable bonds is 5. The highest BCUT2D eigenvalue weighted by Gasteiger charge is 2.17. The second-order valence-electron chi connectivity index (χ2n) is 3.90. The Bertz CT molecular complexity index is 477. The van der Waals surface area contributed by atoms with Crippen molar-refractivity contribution in [1.29, 1.82) is 0 Å². The predicted molar refractivity (Wildman–Crippen MR) is 70.3 cm³/mol. The lowest BCUT2D eigenvalue weighted by Crippen LogP contribution is -2.30. The maximum atomic E-state index is 11.3. The Morgan fingerprint density at radius 2 is 1.74 bits per heavy atom. The fourth-order valence-corrected chi connectivity index (χ4v) is 1.71. The van der Waals surface area contributed by atoms with Crippen LogP contribution in [0.15, 0.2) is 48.8 Å². The highest BCUT2D eigenvalue weighted by atomic mass is 16.5. The van der Waals surface area contributed by atoms with Crippen LogP contribution in [0.3, 0.4) is 0 Å². The van der Waals surface area contributed by atoms with E-state index < -0.39 is 0 Å². The smallest absolute Gasteiger partial charge is 0.319 e. The summed E-state index contributed by atoms with van der Waals surface area (Å²) in [5, 5.41) is 3.10. The molecular weight excluding hydrogens is 242 g/mol. The van der Waals surface area contributed by atoms with Gasteiger partial charge in [-0.25, -0.2) is 0 Å². The Kier molecular flexibility index (Phi) is 4.58. The molecule has 5 heteroatoms. The number of esters is 1. The third kappa shape index (κ3) is 3.59. The Morgan fingerprint density at radius 3 is 2.16 bits per heavy atom. The van der Waals surface area contributed by atoms with Gasteiger partial charge in [0.2, 0.25) is 0 Å². The summed E-state index contributed by atoms with van der Waals surface area (Å²) < 4.78 is 4.63. The van der Waals surface area contributed by atoms with Crippen LogP contribution in [0.25, 0.3) is 0 Å². The molecule has 0 unspecified atom stereocenters. The number of pyridine rings is 2.